The third-order valence-corrected chi connectivity index (χ3v) is 3.65. The Hall–Kier alpha value is -1.32. The zero-order chi connectivity index (χ0) is 13.5. The predicted molar refractivity (Wildman–Crippen MR) is 80.6 cm³/mol. The molecule has 4 nitrogen and oxygen atoms in total. The van der Waals surface area contributed by atoms with Gasteiger partial charge in [-0.15, -0.1) is 0 Å². The normalized spacial score (nSPS) is 15.7. The number of rotatable bonds is 7. The summed E-state index contributed by atoms with van der Waals surface area (Å²) >= 11 is 0. The molecular weight excluding hydrogens is 236 g/mol. The molecule has 0 spiro atoms. The minimum absolute atomic E-state index is 0.826. The van der Waals surface area contributed by atoms with Gasteiger partial charge in [0.05, 0.1) is 0 Å². The van der Waals surface area contributed by atoms with Crippen molar-refractivity contribution in [3.8, 4) is 0 Å². The van der Waals surface area contributed by atoms with Crippen LogP contribution in [0.15, 0.2) is 6.07 Å². The number of aromatic nitrogens is 2. The van der Waals surface area contributed by atoms with Crippen LogP contribution in [0.1, 0.15) is 51.8 Å². The van der Waals surface area contributed by atoms with Crippen molar-refractivity contribution in [3.63, 3.8) is 0 Å². The molecule has 0 amide bonds. The highest BCUT2D eigenvalue weighted by atomic mass is 15.1. The largest absolute Gasteiger partial charge is 0.370 e. The summed E-state index contributed by atoms with van der Waals surface area (Å²) in [5.41, 5.74) is 0. The fourth-order valence-corrected chi connectivity index (χ4v) is 2.66. The summed E-state index contributed by atoms with van der Waals surface area (Å²) in [5, 5.41) is 6.78. The third kappa shape index (κ3) is 4.37. The number of anilines is 2. The van der Waals surface area contributed by atoms with Gasteiger partial charge in [-0.3, -0.25) is 0 Å². The van der Waals surface area contributed by atoms with Crippen LogP contribution in [0.2, 0.25) is 0 Å². The molecular formula is C15H26N4. The van der Waals surface area contributed by atoms with Gasteiger partial charge in [0.2, 0.25) is 0 Å². The number of hydrogen-bond donors (Lipinski definition) is 2. The molecule has 2 N–H and O–H groups in total. The molecule has 1 heterocycles. The molecule has 1 aliphatic carbocycles. The lowest BCUT2D eigenvalue weighted by Crippen LogP contribution is -2.13. The van der Waals surface area contributed by atoms with Crippen molar-refractivity contribution in [2.75, 3.05) is 23.7 Å². The zero-order valence-electron chi connectivity index (χ0n) is 12.2. The first kappa shape index (κ1) is 14.1. The van der Waals surface area contributed by atoms with Crippen LogP contribution < -0.4 is 10.6 Å². The van der Waals surface area contributed by atoms with Crippen LogP contribution in [0.3, 0.4) is 0 Å². The van der Waals surface area contributed by atoms with E-state index in [1.54, 1.807) is 0 Å². The van der Waals surface area contributed by atoms with E-state index in [0.717, 1.165) is 49.3 Å². The lowest BCUT2D eigenvalue weighted by molar-refractivity contribution is 0.578. The molecule has 4 heteroatoms. The molecule has 19 heavy (non-hydrogen) atoms. The van der Waals surface area contributed by atoms with Gasteiger partial charge in [-0.25, -0.2) is 9.97 Å². The molecule has 1 aromatic heterocycles. The van der Waals surface area contributed by atoms with Crippen molar-refractivity contribution in [3.05, 3.63) is 11.9 Å². The maximum atomic E-state index is 4.60. The van der Waals surface area contributed by atoms with Gasteiger partial charge in [-0.2, -0.15) is 0 Å². The average molecular weight is 262 g/mol. The molecule has 0 unspecified atom stereocenters. The van der Waals surface area contributed by atoms with E-state index in [0.29, 0.717) is 0 Å². The van der Waals surface area contributed by atoms with Crippen LogP contribution in [0.5, 0.6) is 0 Å². The molecule has 0 saturated heterocycles. The van der Waals surface area contributed by atoms with E-state index in [1.165, 1.54) is 25.7 Å². The van der Waals surface area contributed by atoms with Crippen LogP contribution in [0, 0.1) is 5.92 Å². The highest BCUT2D eigenvalue weighted by Crippen LogP contribution is 2.25. The topological polar surface area (TPSA) is 49.8 Å². The Balaban J connectivity index is 1.99. The van der Waals surface area contributed by atoms with E-state index in [4.69, 9.17) is 0 Å². The second kappa shape index (κ2) is 7.31. The SMILES string of the molecule is CCCc1nc(NCC)cc(NCC2CCCC2)n1. The minimum Gasteiger partial charge on any atom is -0.370 e. The number of nitrogens with zero attached hydrogens (tertiary/aromatic N) is 2. The van der Waals surface area contributed by atoms with Gasteiger partial charge in [0, 0.05) is 25.6 Å². The maximum absolute atomic E-state index is 4.60. The van der Waals surface area contributed by atoms with Crippen LogP contribution in [-0.2, 0) is 6.42 Å². The molecule has 0 atom stereocenters. The first-order chi connectivity index (χ1) is 9.31. The predicted octanol–water partition coefficient (Wildman–Crippen LogP) is 3.46. The molecule has 1 aromatic rings. The van der Waals surface area contributed by atoms with Crippen LogP contribution >= 0.6 is 0 Å². The zero-order valence-corrected chi connectivity index (χ0v) is 12.2. The van der Waals surface area contributed by atoms with Crippen molar-refractivity contribution in [1.29, 1.82) is 0 Å². The maximum Gasteiger partial charge on any atom is 0.133 e. The van der Waals surface area contributed by atoms with Gasteiger partial charge in [0.1, 0.15) is 17.5 Å². The van der Waals surface area contributed by atoms with Crippen LogP contribution in [0.25, 0.3) is 0 Å². The van der Waals surface area contributed by atoms with Gasteiger partial charge in [0.25, 0.3) is 0 Å². The quantitative estimate of drug-likeness (QED) is 0.790. The molecule has 1 aliphatic rings. The van der Waals surface area contributed by atoms with Gasteiger partial charge >= 0.3 is 0 Å². The standard InChI is InChI=1S/C15H26N4/c1-3-7-13-18-14(16-4-2)10-15(19-13)17-11-12-8-5-6-9-12/h10,12H,3-9,11H2,1-2H3,(H2,16,17,18,19). The van der Waals surface area contributed by atoms with E-state index in [-0.39, 0.29) is 0 Å². The van der Waals surface area contributed by atoms with E-state index >= 15 is 0 Å². The van der Waals surface area contributed by atoms with E-state index in [1.807, 2.05) is 6.07 Å². The van der Waals surface area contributed by atoms with Gasteiger partial charge < -0.3 is 10.6 Å². The molecule has 1 saturated carbocycles. The molecule has 2 rings (SSSR count). The summed E-state index contributed by atoms with van der Waals surface area (Å²) in [6, 6.07) is 2.03. The van der Waals surface area contributed by atoms with E-state index < -0.39 is 0 Å². The lowest BCUT2D eigenvalue weighted by Gasteiger charge is -2.13. The lowest BCUT2D eigenvalue weighted by atomic mass is 10.1. The second-order valence-electron chi connectivity index (χ2n) is 5.37. The van der Waals surface area contributed by atoms with Gasteiger partial charge in [-0.05, 0) is 32.1 Å². The van der Waals surface area contributed by atoms with Crippen molar-refractivity contribution in [1.82, 2.24) is 9.97 Å². The number of aryl methyl sites for hydroxylation is 1. The molecule has 0 radical (unpaired) electrons. The number of nitrogens with one attached hydrogen (secondary N) is 2. The smallest absolute Gasteiger partial charge is 0.133 e. The third-order valence-electron chi connectivity index (χ3n) is 3.65. The molecule has 0 aromatic carbocycles. The highest BCUT2D eigenvalue weighted by Gasteiger charge is 2.15. The molecule has 1 fully saturated rings. The fourth-order valence-electron chi connectivity index (χ4n) is 2.66. The van der Waals surface area contributed by atoms with E-state index in [2.05, 4.69) is 34.4 Å². The summed E-state index contributed by atoms with van der Waals surface area (Å²) in [6.45, 7) is 6.20. The van der Waals surface area contributed by atoms with Crippen molar-refractivity contribution in [2.45, 2.75) is 52.4 Å². The van der Waals surface area contributed by atoms with E-state index in [9.17, 15) is 0 Å². The fraction of sp³-hybridized carbons (Fsp3) is 0.733. The average Bonchev–Trinajstić information content (AvgIpc) is 2.90. The highest BCUT2D eigenvalue weighted by molar-refractivity contribution is 5.47. The summed E-state index contributed by atoms with van der Waals surface area (Å²) in [5.74, 6) is 3.68. The Morgan fingerprint density at radius 3 is 2.42 bits per heavy atom. The molecule has 0 bridgehead atoms. The Morgan fingerprint density at radius 1 is 1.11 bits per heavy atom. The second-order valence-corrected chi connectivity index (χ2v) is 5.37. The summed E-state index contributed by atoms with van der Waals surface area (Å²) in [4.78, 5) is 9.13. The van der Waals surface area contributed by atoms with Gasteiger partial charge in [0.15, 0.2) is 0 Å². The summed E-state index contributed by atoms with van der Waals surface area (Å²) in [6.07, 6.45) is 7.52. The minimum atomic E-state index is 0.826. The summed E-state index contributed by atoms with van der Waals surface area (Å²) < 4.78 is 0. The Kier molecular flexibility index (Phi) is 5.43. The molecule has 0 aliphatic heterocycles. The first-order valence-electron chi connectivity index (χ1n) is 7.67. The van der Waals surface area contributed by atoms with Crippen LogP contribution in [0.4, 0.5) is 11.6 Å². The van der Waals surface area contributed by atoms with Crippen LogP contribution in [-0.4, -0.2) is 23.1 Å². The number of hydrogen-bond acceptors (Lipinski definition) is 4. The van der Waals surface area contributed by atoms with Gasteiger partial charge in [-0.1, -0.05) is 19.8 Å². The summed E-state index contributed by atoms with van der Waals surface area (Å²) in [7, 11) is 0. The van der Waals surface area contributed by atoms with Crippen molar-refractivity contribution < 1.29 is 0 Å². The Morgan fingerprint density at radius 2 is 1.79 bits per heavy atom. The Labute approximate surface area is 116 Å². The van der Waals surface area contributed by atoms with Crippen molar-refractivity contribution in [2.24, 2.45) is 5.92 Å². The monoisotopic (exact) mass is 262 g/mol. The first-order valence-corrected chi connectivity index (χ1v) is 7.67. The Bertz CT molecular complexity index is 361. The van der Waals surface area contributed by atoms with Crippen molar-refractivity contribution >= 4 is 11.6 Å². The molecule has 106 valence electrons.